The molecule has 0 radical (unpaired) electrons. The topological polar surface area (TPSA) is 58.6 Å². The first kappa shape index (κ1) is 21.3. The maximum Gasteiger partial charge on any atom is 0.229 e. The number of hydrogen-bond acceptors (Lipinski definition) is 5. The van der Waals surface area contributed by atoms with Crippen molar-refractivity contribution >= 4 is 23.3 Å². The summed E-state index contributed by atoms with van der Waals surface area (Å²) < 4.78 is 19.6. The molecule has 3 rings (SSSR count). The lowest BCUT2D eigenvalue weighted by Gasteiger charge is -2.43. The van der Waals surface area contributed by atoms with Crippen molar-refractivity contribution in [3.8, 4) is 11.6 Å². The van der Waals surface area contributed by atoms with Crippen LogP contribution in [-0.4, -0.2) is 52.3 Å². The normalized spacial score (nSPS) is 17.4. The number of aromatic nitrogens is 2. The highest BCUT2D eigenvalue weighted by Gasteiger charge is 2.36. The van der Waals surface area contributed by atoms with Crippen molar-refractivity contribution < 1.29 is 13.9 Å². The minimum atomic E-state index is -0.591. The molecule has 0 aliphatic carbocycles. The van der Waals surface area contributed by atoms with Gasteiger partial charge in [0, 0.05) is 37.6 Å². The summed E-state index contributed by atoms with van der Waals surface area (Å²) in [6, 6.07) is 6.37. The van der Waals surface area contributed by atoms with Gasteiger partial charge >= 0.3 is 0 Å². The summed E-state index contributed by atoms with van der Waals surface area (Å²) >= 11 is 5.97. The summed E-state index contributed by atoms with van der Waals surface area (Å²) in [5.41, 5.74) is 0.302. The second-order valence-electron chi connectivity index (χ2n) is 8.06. The minimum absolute atomic E-state index is 0.00675. The third-order valence-corrected chi connectivity index (χ3v) is 5.72. The molecule has 1 aromatic heterocycles. The van der Waals surface area contributed by atoms with Crippen LogP contribution < -0.4 is 9.64 Å². The summed E-state index contributed by atoms with van der Waals surface area (Å²) in [4.78, 5) is 25.1. The van der Waals surface area contributed by atoms with Crippen LogP contribution in [0.1, 0.15) is 26.3 Å². The van der Waals surface area contributed by atoms with Gasteiger partial charge in [-0.25, -0.2) is 14.4 Å². The Labute approximate surface area is 175 Å². The lowest BCUT2D eigenvalue weighted by Crippen LogP contribution is -2.57. The van der Waals surface area contributed by atoms with Gasteiger partial charge in [0.1, 0.15) is 12.1 Å². The van der Waals surface area contributed by atoms with E-state index in [0.717, 1.165) is 5.56 Å². The van der Waals surface area contributed by atoms with Crippen molar-refractivity contribution in [3.05, 3.63) is 42.0 Å². The third kappa shape index (κ3) is 4.78. The first-order valence-corrected chi connectivity index (χ1v) is 10.1. The Kier molecular flexibility index (Phi) is 6.27. The van der Waals surface area contributed by atoms with Gasteiger partial charge in [-0.2, -0.15) is 0 Å². The fourth-order valence-electron chi connectivity index (χ4n) is 3.27. The molecule has 156 valence electrons. The molecule has 0 saturated carbocycles. The second-order valence-corrected chi connectivity index (χ2v) is 8.33. The van der Waals surface area contributed by atoms with Gasteiger partial charge in [-0.3, -0.25) is 4.79 Å². The number of halogens is 2. The van der Waals surface area contributed by atoms with E-state index in [0.29, 0.717) is 25.5 Å². The Morgan fingerprint density at radius 1 is 1.31 bits per heavy atom. The molecule has 29 heavy (non-hydrogen) atoms. The molecule has 1 atom stereocenters. The van der Waals surface area contributed by atoms with Gasteiger partial charge in [-0.05, 0) is 45.4 Å². The number of carbonyl (C=O) groups excluding carboxylic acids is 1. The molecule has 2 aromatic rings. The van der Waals surface area contributed by atoms with Gasteiger partial charge in [0.25, 0.3) is 0 Å². The summed E-state index contributed by atoms with van der Waals surface area (Å²) in [7, 11) is 0. The number of benzene rings is 1. The fourth-order valence-corrected chi connectivity index (χ4v) is 3.39. The first-order chi connectivity index (χ1) is 13.7. The Morgan fingerprint density at radius 3 is 2.76 bits per heavy atom. The molecule has 1 aliphatic heterocycles. The summed E-state index contributed by atoms with van der Waals surface area (Å²) in [5, 5.41) is 0. The Morgan fingerprint density at radius 2 is 2.07 bits per heavy atom. The van der Waals surface area contributed by atoms with Gasteiger partial charge in [0.05, 0.1) is 5.41 Å². The van der Waals surface area contributed by atoms with Crippen molar-refractivity contribution in [1.82, 2.24) is 14.9 Å². The van der Waals surface area contributed by atoms with E-state index in [-0.39, 0.29) is 29.5 Å². The van der Waals surface area contributed by atoms with Gasteiger partial charge in [-0.15, -0.1) is 11.6 Å². The lowest BCUT2D eigenvalue weighted by molar-refractivity contribution is -0.141. The number of ether oxygens (including phenoxy) is 1. The van der Waals surface area contributed by atoms with Crippen LogP contribution in [0.2, 0.25) is 0 Å². The van der Waals surface area contributed by atoms with E-state index in [1.165, 1.54) is 12.4 Å². The highest BCUT2D eigenvalue weighted by molar-refractivity contribution is 6.19. The molecule has 1 aromatic carbocycles. The standard InChI is InChI=1S/C21H26ClFN4O2/c1-14-5-6-16(23)17(9-14)29-19-10-18(24-13-25-19)26-7-8-27(15(2)11-26)20(28)21(3,4)12-22/h5-6,9-10,13,15H,7-8,11-12H2,1-4H3. The molecular weight excluding hydrogens is 395 g/mol. The van der Waals surface area contributed by atoms with Crippen LogP contribution in [0.4, 0.5) is 10.2 Å². The van der Waals surface area contributed by atoms with E-state index in [2.05, 4.69) is 14.9 Å². The average Bonchev–Trinajstić information content (AvgIpc) is 2.70. The Balaban J connectivity index is 1.72. The van der Waals surface area contributed by atoms with Crippen LogP contribution in [0.25, 0.3) is 0 Å². The maximum absolute atomic E-state index is 14.0. The van der Waals surface area contributed by atoms with Crippen LogP contribution in [0.5, 0.6) is 11.6 Å². The third-order valence-electron chi connectivity index (χ3n) is 5.05. The van der Waals surface area contributed by atoms with Gasteiger partial charge in [-0.1, -0.05) is 6.07 Å². The number of alkyl halides is 1. The number of anilines is 1. The molecule has 8 heteroatoms. The largest absolute Gasteiger partial charge is 0.436 e. The summed E-state index contributed by atoms with van der Waals surface area (Å²) in [5.74, 6) is 0.968. The summed E-state index contributed by atoms with van der Waals surface area (Å²) in [6.45, 7) is 9.43. The van der Waals surface area contributed by atoms with Crippen molar-refractivity contribution in [2.24, 2.45) is 5.41 Å². The molecule has 6 nitrogen and oxygen atoms in total. The van der Waals surface area contributed by atoms with E-state index in [9.17, 15) is 9.18 Å². The highest BCUT2D eigenvalue weighted by Crippen LogP contribution is 2.28. The predicted octanol–water partition coefficient (Wildman–Crippen LogP) is 4.02. The monoisotopic (exact) mass is 420 g/mol. The molecule has 0 spiro atoms. The first-order valence-electron chi connectivity index (χ1n) is 9.59. The number of piperazine rings is 1. The zero-order valence-corrected chi connectivity index (χ0v) is 17.9. The van der Waals surface area contributed by atoms with Crippen LogP contribution in [0, 0.1) is 18.2 Å². The number of amides is 1. The molecule has 0 N–H and O–H groups in total. The average molecular weight is 421 g/mol. The summed E-state index contributed by atoms with van der Waals surface area (Å²) in [6.07, 6.45) is 1.40. The van der Waals surface area contributed by atoms with E-state index < -0.39 is 11.2 Å². The van der Waals surface area contributed by atoms with E-state index in [1.807, 2.05) is 32.6 Å². The Hall–Kier alpha value is -2.41. The van der Waals surface area contributed by atoms with Crippen LogP contribution >= 0.6 is 11.6 Å². The van der Waals surface area contributed by atoms with Crippen LogP contribution in [0.3, 0.4) is 0 Å². The smallest absolute Gasteiger partial charge is 0.229 e. The highest BCUT2D eigenvalue weighted by atomic mass is 35.5. The predicted molar refractivity (Wildman–Crippen MR) is 111 cm³/mol. The van der Waals surface area contributed by atoms with Gasteiger partial charge in [0.15, 0.2) is 11.6 Å². The molecule has 1 saturated heterocycles. The zero-order valence-electron chi connectivity index (χ0n) is 17.2. The molecule has 2 heterocycles. The van der Waals surface area contributed by atoms with Gasteiger partial charge in [0.2, 0.25) is 11.8 Å². The van der Waals surface area contributed by atoms with Crippen LogP contribution in [-0.2, 0) is 4.79 Å². The second kappa shape index (κ2) is 8.53. The van der Waals surface area contributed by atoms with E-state index in [4.69, 9.17) is 16.3 Å². The van der Waals surface area contributed by atoms with Gasteiger partial charge < -0.3 is 14.5 Å². The molecule has 1 unspecified atom stereocenters. The minimum Gasteiger partial charge on any atom is -0.436 e. The van der Waals surface area contributed by atoms with Crippen molar-refractivity contribution in [3.63, 3.8) is 0 Å². The quantitative estimate of drug-likeness (QED) is 0.684. The van der Waals surface area contributed by atoms with E-state index in [1.54, 1.807) is 18.2 Å². The number of aryl methyl sites for hydroxylation is 1. The number of rotatable bonds is 5. The molecule has 1 aliphatic rings. The van der Waals surface area contributed by atoms with Crippen molar-refractivity contribution in [1.29, 1.82) is 0 Å². The molecule has 1 fully saturated rings. The molecule has 0 bridgehead atoms. The van der Waals surface area contributed by atoms with Crippen molar-refractivity contribution in [2.45, 2.75) is 33.7 Å². The number of carbonyl (C=O) groups is 1. The molecule has 1 amide bonds. The lowest BCUT2D eigenvalue weighted by atomic mass is 9.93. The fraction of sp³-hybridized carbons (Fsp3) is 0.476. The number of hydrogen-bond donors (Lipinski definition) is 0. The van der Waals surface area contributed by atoms with Crippen molar-refractivity contribution in [2.75, 3.05) is 30.4 Å². The number of nitrogens with zero attached hydrogens (tertiary/aromatic N) is 4. The maximum atomic E-state index is 14.0. The Bertz CT molecular complexity index is 893. The van der Waals surface area contributed by atoms with Crippen LogP contribution in [0.15, 0.2) is 30.6 Å². The molecular formula is C21H26ClFN4O2. The zero-order chi connectivity index (χ0) is 21.2. The SMILES string of the molecule is Cc1ccc(F)c(Oc2cc(N3CCN(C(=O)C(C)(C)CCl)C(C)C3)ncn2)c1. The van der Waals surface area contributed by atoms with E-state index >= 15 is 0 Å².